The van der Waals surface area contributed by atoms with Crippen LogP contribution in [-0.2, 0) is 0 Å². The standard InChI is InChI=1S/C17H15FN4O4/c18-11-8-19-17(20-9-11)25-12-3-1-5-22(10-12)16(23)13-7-15(26-21-13)14-4-2-6-24-14/h2,4,6-9,12H,1,3,5,10H2/t12-/m1/s1. The Balaban J connectivity index is 1.42. The first-order valence-electron chi connectivity index (χ1n) is 8.13. The van der Waals surface area contributed by atoms with Gasteiger partial charge in [0.05, 0.1) is 25.2 Å². The lowest BCUT2D eigenvalue weighted by Gasteiger charge is -2.31. The van der Waals surface area contributed by atoms with E-state index in [4.69, 9.17) is 13.7 Å². The van der Waals surface area contributed by atoms with Crippen LogP contribution in [0.15, 0.2) is 45.8 Å². The van der Waals surface area contributed by atoms with Gasteiger partial charge in [-0.15, -0.1) is 0 Å². The minimum Gasteiger partial charge on any atom is -0.461 e. The van der Waals surface area contributed by atoms with Crippen molar-refractivity contribution < 1.29 is 22.9 Å². The van der Waals surface area contributed by atoms with Crippen LogP contribution in [0.4, 0.5) is 4.39 Å². The molecule has 3 aromatic rings. The molecular formula is C17H15FN4O4. The Morgan fingerprint density at radius 2 is 2.15 bits per heavy atom. The number of hydrogen-bond donors (Lipinski definition) is 0. The second-order valence-electron chi connectivity index (χ2n) is 5.87. The van der Waals surface area contributed by atoms with Crippen LogP contribution in [0, 0.1) is 5.82 Å². The van der Waals surface area contributed by atoms with Gasteiger partial charge in [-0.3, -0.25) is 4.79 Å². The molecule has 0 N–H and O–H groups in total. The summed E-state index contributed by atoms with van der Waals surface area (Å²) in [5.41, 5.74) is 0.204. The molecule has 0 unspecified atom stereocenters. The summed E-state index contributed by atoms with van der Waals surface area (Å²) in [6.07, 6.45) is 4.85. The second-order valence-corrected chi connectivity index (χ2v) is 5.87. The Bertz CT molecular complexity index is 879. The fourth-order valence-electron chi connectivity index (χ4n) is 2.80. The molecule has 3 aromatic heterocycles. The molecule has 4 heterocycles. The maximum absolute atomic E-state index is 12.9. The molecule has 134 valence electrons. The van der Waals surface area contributed by atoms with E-state index in [0.717, 1.165) is 25.2 Å². The Kier molecular flexibility index (Phi) is 4.34. The van der Waals surface area contributed by atoms with Crippen LogP contribution < -0.4 is 4.74 Å². The van der Waals surface area contributed by atoms with Gasteiger partial charge in [-0.05, 0) is 25.0 Å². The van der Waals surface area contributed by atoms with Gasteiger partial charge in [-0.2, -0.15) is 0 Å². The Morgan fingerprint density at radius 1 is 1.31 bits per heavy atom. The molecule has 1 aliphatic rings. The van der Waals surface area contributed by atoms with Gasteiger partial charge >= 0.3 is 6.01 Å². The predicted molar refractivity (Wildman–Crippen MR) is 85.7 cm³/mol. The van der Waals surface area contributed by atoms with E-state index in [0.29, 0.717) is 24.6 Å². The van der Waals surface area contributed by atoms with E-state index >= 15 is 0 Å². The minimum absolute atomic E-state index is 0.0900. The smallest absolute Gasteiger partial charge is 0.316 e. The number of nitrogens with zero attached hydrogens (tertiary/aromatic N) is 4. The van der Waals surface area contributed by atoms with Gasteiger partial charge in [0.2, 0.25) is 5.76 Å². The highest BCUT2D eigenvalue weighted by molar-refractivity contribution is 5.93. The van der Waals surface area contributed by atoms with Crippen molar-refractivity contribution in [3.8, 4) is 17.5 Å². The summed E-state index contributed by atoms with van der Waals surface area (Å²) in [6, 6.07) is 5.09. The molecule has 0 radical (unpaired) electrons. The zero-order valence-electron chi connectivity index (χ0n) is 13.7. The number of carbonyl (C=O) groups is 1. The van der Waals surface area contributed by atoms with Crippen molar-refractivity contribution in [1.82, 2.24) is 20.0 Å². The first-order valence-corrected chi connectivity index (χ1v) is 8.13. The van der Waals surface area contributed by atoms with Crippen LogP contribution in [0.25, 0.3) is 11.5 Å². The van der Waals surface area contributed by atoms with Crippen LogP contribution in [-0.4, -0.2) is 45.1 Å². The van der Waals surface area contributed by atoms with Crippen molar-refractivity contribution in [2.24, 2.45) is 0 Å². The van der Waals surface area contributed by atoms with Gasteiger partial charge in [-0.1, -0.05) is 5.16 Å². The predicted octanol–water partition coefficient (Wildman–Crippen LogP) is 2.55. The number of likely N-dealkylation sites (tertiary alicyclic amines) is 1. The van der Waals surface area contributed by atoms with Crippen LogP contribution in [0.5, 0.6) is 6.01 Å². The number of hydrogen-bond acceptors (Lipinski definition) is 7. The largest absolute Gasteiger partial charge is 0.461 e. The van der Waals surface area contributed by atoms with E-state index in [-0.39, 0.29) is 23.7 Å². The third-order valence-corrected chi connectivity index (χ3v) is 4.03. The fourth-order valence-corrected chi connectivity index (χ4v) is 2.80. The quantitative estimate of drug-likeness (QED) is 0.707. The molecule has 1 aliphatic heterocycles. The molecule has 8 nitrogen and oxygen atoms in total. The van der Waals surface area contributed by atoms with Gasteiger partial charge in [-0.25, -0.2) is 14.4 Å². The summed E-state index contributed by atoms with van der Waals surface area (Å²) in [4.78, 5) is 21.9. The fraction of sp³-hybridized carbons (Fsp3) is 0.294. The molecule has 1 atom stereocenters. The Morgan fingerprint density at radius 3 is 2.92 bits per heavy atom. The van der Waals surface area contributed by atoms with Crippen LogP contribution in [0.3, 0.4) is 0 Å². The second kappa shape index (κ2) is 6.95. The molecule has 4 rings (SSSR count). The number of ether oxygens (including phenoxy) is 1. The number of carbonyl (C=O) groups excluding carboxylic acids is 1. The highest BCUT2D eigenvalue weighted by Crippen LogP contribution is 2.22. The first kappa shape index (κ1) is 16.2. The maximum atomic E-state index is 12.9. The molecule has 0 saturated carbocycles. The average molecular weight is 358 g/mol. The molecule has 0 aromatic carbocycles. The van der Waals surface area contributed by atoms with Crippen LogP contribution in [0.1, 0.15) is 23.3 Å². The lowest BCUT2D eigenvalue weighted by Crippen LogP contribution is -2.44. The van der Waals surface area contributed by atoms with E-state index in [1.54, 1.807) is 23.1 Å². The van der Waals surface area contributed by atoms with Gasteiger partial charge in [0.25, 0.3) is 5.91 Å². The molecule has 0 bridgehead atoms. The van der Waals surface area contributed by atoms with Crippen molar-refractivity contribution in [1.29, 1.82) is 0 Å². The van der Waals surface area contributed by atoms with Crippen LogP contribution >= 0.6 is 0 Å². The van der Waals surface area contributed by atoms with Gasteiger partial charge in [0.1, 0.15) is 6.10 Å². The molecule has 0 aliphatic carbocycles. The van der Waals surface area contributed by atoms with Crippen molar-refractivity contribution in [2.45, 2.75) is 18.9 Å². The topological polar surface area (TPSA) is 94.5 Å². The summed E-state index contributed by atoms with van der Waals surface area (Å²) in [7, 11) is 0. The van der Waals surface area contributed by atoms with E-state index in [1.165, 1.54) is 6.26 Å². The van der Waals surface area contributed by atoms with Crippen molar-refractivity contribution >= 4 is 5.91 Å². The minimum atomic E-state index is -0.531. The highest BCUT2D eigenvalue weighted by Gasteiger charge is 2.28. The number of aromatic nitrogens is 3. The molecule has 1 saturated heterocycles. The molecule has 9 heteroatoms. The zero-order chi connectivity index (χ0) is 17.9. The van der Waals surface area contributed by atoms with Crippen molar-refractivity contribution in [3.05, 3.63) is 48.4 Å². The summed E-state index contributed by atoms with van der Waals surface area (Å²) in [6.45, 7) is 0.953. The number of piperidine rings is 1. The average Bonchev–Trinajstić information content (AvgIpc) is 3.35. The summed E-state index contributed by atoms with van der Waals surface area (Å²) < 4.78 is 28.9. The molecule has 1 amide bonds. The third kappa shape index (κ3) is 3.41. The highest BCUT2D eigenvalue weighted by atomic mass is 19.1. The van der Waals surface area contributed by atoms with E-state index < -0.39 is 5.82 Å². The number of furan rings is 1. The summed E-state index contributed by atoms with van der Waals surface area (Å²) in [5.74, 6) is 0.115. The lowest BCUT2D eigenvalue weighted by molar-refractivity contribution is 0.0506. The number of halogens is 1. The monoisotopic (exact) mass is 358 g/mol. The lowest BCUT2D eigenvalue weighted by atomic mass is 10.1. The Labute approximate surface area is 147 Å². The van der Waals surface area contributed by atoms with Crippen LogP contribution in [0.2, 0.25) is 0 Å². The van der Waals surface area contributed by atoms with Crippen molar-refractivity contribution in [2.75, 3.05) is 13.1 Å². The number of rotatable bonds is 4. The van der Waals surface area contributed by atoms with E-state index in [1.807, 2.05) is 0 Å². The van der Waals surface area contributed by atoms with E-state index in [9.17, 15) is 9.18 Å². The normalized spacial score (nSPS) is 17.3. The molecule has 26 heavy (non-hydrogen) atoms. The number of amides is 1. The summed E-state index contributed by atoms with van der Waals surface area (Å²) >= 11 is 0. The van der Waals surface area contributed by atoms with Gasteiger partial charge < -0.3 is 18.6 Å². The first-order chi connectivity index (χ1) is 12.7. The van der Waals surface area contributed by atoms with Gasteiger partial charge in [0, 0.05) is 12.6 Å². The molecule has 1 fully saturated rings. The SMILES string of the molecule is O=C(c1cc(-c2ccco2)on1)N1CCC[C@@H](Oc2ncc(F)cn2)C1. The van der Waals surface area contributed by atoms with Gasteiger partial charge in [0.15, 0.2) is 17.3 Å². The molecular weight excluding hydrogens is 343 g/mol. The molecule has 0 spiro atoms. The third-order valence-electron chi connectivity index (χ3n) is 4.03. The Hall–Kier alpha value is -3.23. The summed E-state index contributed by atoms with van der Waals surface area (Å²) in [5, 5.41) is 3.83. The zero-order valence-corrected chi connectivity index (χ0v) is 13.7. The maximum Gasteiger partial charge on any atom is 0.316 e. The van der Waals surface area contributed by atoms with E-state index in [2.05, 4.69) is 15.1 Å². The van der Waals surface area contributed by atoms with Crippen molar-refractivity contribution in [3.63, 3.8) is 0 Å².